The number of β-amino-alcohol motifs (C(OH)–C–C–N with tert-alkyl or cyclic N) is 1. The fraction of sp³-hybridized carbons (Fsp3) is 0.667. The summed E-state index contributed by atoms with van der Waals surface area (Å²) in [5, 5.41) is 11.3. The molecule has 2 amide bonds. The van der Waals surface area contributed by atoms with Crippen LogP contribution < -0.4 is 4.74 Å². The maximum atomic E-state index is 12.8. The van der Waals surface area contributed by atoms with Crippen molar-refractivity contribution in [3.63, 3.8) is 0 Å². The summed E-state index contributed by atoms with van der Waals surface area (Å²) in [5.41, 5.74) is -0.457. The molecule has 0 radical (unpaired) electrons. The SMILES string of the molecule is COc1ccccc1C1CN(C(=O)OC(C)(C)C)CCN1CC1(O)CCN(C(C)=O)CC1. The second-order valence-electron chi connectivity index (χ2n) is 9.88. The first-order valence-electron chi connectivity index (χ1n) is 11.3. The molecule has 2 aliphatic heterocycles. The van der Waals surface area contributed by atoms with Gasteiger partial charge < -0.3 is 24.4 Å². The van der Waals surface area contributed by atoms with Gasteiger partial charge in [0, 0.05) is 51.8 Å². The van der Waals surface area contributed by atoms with Crippen molar-refractivity contribution >= 4 is 12.0 Å². The molecule has 1 aromatic carbocycles. The number of amides is 2. The first-order chi connectivity index (χ1) is 15.0. The summed E-state index contributed by atoms with van der Waals surface area (Å²) in [5.74, 6) is 0.803. The third kappa shape index (κ3) is 5.92. The number of hydrogen-bond acceptors (Lipinski definition) is 6. The Kier molecular flexibility index (Phi) is 7.35. The molecule has 1 unspecified atom stereocenters. The van der Waals surface area contributed by atoms with Gasteiger partial charge in [0.15, 0.2) is 0 Å². The number of methoxy groups -OCH3 is 1. The van der Waals surface area contributed by atoms with Gasteiger partial charge in [-0.3, -0.25) is 9.69 Å². The first-order valence-corrected chi connectivity index (χ1v) is 11.3. The van der Waals surface area contributed by atoms with E-state index in [2.05, 4.69) is 4.90 Å². The Morgan fingerprint density at radius 3 is 2.34 bits per heavy atom. The summed E-state index contributed by atoms with van der Waals surface area (Å²) in [6.07, 6.45) is 0.750. The first kappa shape index (κ1) is 24.3. The monoisotopic (exact) mass is 447 g/mol. The quantitative estimate of drug-likeness (QED) is 0.764. The molecule has 1 N–H and O–H groups in total. The number of piperidine rings is 1. The second kappa shape index (κ2) is 9.67. The van der Waals surface area contributed by atoms with E-state index in [1.807, 2.05) is 45.0 Å². The molecule has 0 saturated carbocycles. The minimum atomic E-state index is -0.875. The average Bonchev–Trinajstić information content (AvgIpc) is 2.73. The summed E-state index contributed by atoms with van der Waals surface area (Å²) in [7, 11) is 1.64. The van der Waals surface area contributed by atoms with E-state index in [4.69, 9.17) is 9.47 Å². The zero-order chi connectivity index (χ0) is 23.5. The molecule has 1 atom stereocenters. The van der Waals surface area contributed by atoms with Crippen molar-refractivity contribution in [2.45, 2.75) is 57.8 Å². The minimum Gasteiger partial charge on any atom is -0.496 e. The van der Waals surface area contributed by atoms with Crippen LogP contribution in [0.4, 0.5) is 4.79 Å². The third-order valence-electron chi connectivity index (χ3n) is 6.28. The smallest absolute Gasteiger partial charge is 0.410 e. The highest BCUT2D eigenvalue weighted by atomic mass is 16.6. The Morgan fingerprint density at radius 1 is 1.09 bits per heavy atom. The predicted molar refractivity (Wildman–Crippen MR) is 122 cm³/mol. The van der Waals surface area contributed by atoms with Crippen molar-refractivity contribution in [3.8, 4) is 5.75 Å². The van der Waals surface area contributed by atoms with Crippen molar-refractivity contribution in [1.29, 1.82) is 0 Å². The van der Waals surface area contributed by atoms with Gasteiger partial charge in [-0.1, -0.05) is 18.2 Å². The molecule has 2 heterocycles. The molecular weight excluding hydrogens is 410 g/mol. The van der Waals surface area contributed by atoms with Crippen LogP contribution in [-0.4, -0.2) is 89.4 Å². The maximum absolute atomic E-state index is 12.8. The highest BCUT2D eigenvalue weighted by Crippen LogP contribution is 2.35. The lowest BCUT2D eigenvalue weighted by atomic mass is 9.89. The lowest BCUT2D eigenvalue weighted by molar-refractivity contribution is -0.134. The van der Waals surface area contributed by atoms with Crippen LogP contribution in [0.2, 0.25) is 0 Å². The molecule has 2 aliphatic rings. The molecule has 0 bridgehead atoms. The standard InChI is InChI=1S/C24H37N3O5/c1-18(28)25-12-10-24(30,11-13-25)17-27-15-14-26(22(29)32-23(2,3)4)16-20(27)19-8-6-7-9-21(19)31-5/h6-9,20,30H,10-17H2,1-5H3. The molecule has 8 heteroatoms. The largest absolute Gasteiger partial charge is 0.496 e. The highest BCUT2D eigenvalue weighted by molar-refractivity contribution is 5.73. The predicted octanol–water partition coefficient (Wildman–Crippen LogP) is 2.66. The highest BCUT2D eigenvalue weighted by Gasteiger charge is 2.40. The molecular formula is C24H37N3O5. The molecule has 32 heavy (non-hydrogen) atoms. The van der Waals surface area contributed by atoms with E-state index >= 15 is 0 Å². The van der Waals surface area contributed by atoms with Crippen LogP contribution in [0.1, 0.15) is 52.1 Å². The number of nitrogens with zero attached hydrogens (tertiary/aromatic N) is 3. The second-order valence-corrected chi connectivity index (χ2v) is 9.88. The molecule has 0 aromatic heterocycles. The molecule has 178 valence electrons. The molecule has 0 aliphatic carbocycles. The normalized spacial score (nSPS) is 21.9. The van der Waals surface area contributed by atoms with Crippen LogP contribution in [0.15, 0.2) is 24.3 Å². The van der Waals surface area contributed by atoms with Crippen LogP contribution >= 0.6 is 0 Å². The zero-order valence-corrected chi connectivity index (χ0v) is 20.0. The van der Waals surface area contributed by atoms with Crippen LogP contribution in [0.5, 0.6) is 5.75 Å². The van der Waals surface area contributed by atoms with E-state index in [1.54, 1.807) is 23.8 Å². The third-order valence-corrected chi connectivity index (χ3v) is 6.28. The lowest BCUT2D eigenvalue weighted by Gasteiger charge is -2.47. The van der Waals surface area contributed by atoms with E-state index in [0.717, 1.165) is 11.3 Å². The number of ether oxygens (including phenoxy) is 2. The zero-order valence-electron chi connectivity index (χ0n) is 20.0. The Morgan fingerprint density at radius 2 is 1.75 bits per heavy atom. The van der Waals surface area contributed by atoms with E-state index in [1.165, 1.54) is 0 Å². The summed E-state index contributed by atoms with van der Waals surface area (Å²) < 4.78 is 11.2. The number of carbonyl (C=O) groups is 2. The van der Waals surface area contributed by atoms with Gasteiger partial charge in [0.1, 0.15) is 11.4 Å². The van der Waals surface area contributed by atoms with Crippen LogP contribution in [0.25, 0.3) is 0 Å². The van der Waals surface area contributed by atoms with E-state index in [9.17, 15) is 14.7 Å². The number of hydrogen-bond donors (Lipinski definition) is 1. The molecule has 8 nitrogen and oxygen atoms in total. The van der Waals surface area contributed by atoms with E-state index in [0.29, 0.717) is 52.1 Å². The average molecular weight is 448 g/mol. The van der Waals surface area contributed by atoms with E-state index in [-0.39, 0.29) is 18.0 Å². The van der Waals surface area contributed by atoms with Crippen molar-refractivity contribution < 1.29 is 24.2 Å². The number of rotatable bonds is 4. The van der Waals surface area contributed by atoms with Gasteiger partial charge in [-0.15, -0.1) is 0 Å². The van der Waals surface area contributed by atoms with Crippen LogP contribution in [0, 0.1) is 0 Å². The van der Waals surface area contributed by atoms with Crippen LogP contribution in [-0.2, 0) is 9.53 Å². The van der Waals surface area contributed by atoms with Gasteiger partial charge in [0.2, 0.25) is 5.91 Å². The van der Waals surface area contributed by atoms with Gasteiger partial charge in [-0.2, -0.15) is 0 Å². The van der Waals surface area contributed by atoms with E-state index < -0.39 is 11.2 Å². The number of likely N-dealkylation sites (tertiary alicyclic amines) is 1. The number of carbonyl (C=O) groups excluding carboxylic acids is 2. The Labute approximate surface area is 191 Å². The van der Waals surface area contributed by atoms with Crippen LogP contribution in [0.3, 0.4) is 0 Å². The number of aliphatic hydroxyl groups is 1. The van der Waals surface area contributed by atoms with Crippen molar-refractivity contribution in [2.75, 3.05) is 46.4 Å². The summed E-state index contributed by atoms with van der Waals surface area (Å²) >= 11 is 0. The van der Waals surface area contributed by atoms with Crippen molar-refractivity contribution in [3.05, 3.63) is 29.8 Å². The lowest BCUT2D eigenvalue weighted by Crippen LogP contribution is -2.57. The van der Waals surface area contributed by atoms with Gasteiger partial charge >= 0.3 is 6.09 Å². The topological polar surface area (TPSA) is 82.5 Å². The van der Waals surface area contributed by atoms with Gasteiger partial charge in [0.05, 0.1) is 18.8 Å². The minimum absolute atomic E-state index is 0.0462. The van der Waals surface area contributed by atoms with Crippen molar-refractivity contribution in [1.82, 2.24) is 14.7 Å². The molecule has 2 saturated heterocycles. The van der Waals surface area contributed by atoms with Gasteiger partial charge in [0.25, 0.3) is 0 Å². The fourth-order valence-electron chi connectivity index (χ4n) is 4.51. The molecule has 0 spiro atoms. The Balaban J connectivity index is 1.80. The maximum Gasteiger partial charge on any atom is 0.410 e. The number of piperazine rings is 1. The Hall–Kier alpha value is -2.32. The number of para-hydroxylation sites is 1. The summed E-state index contributed by atoms with van der Waals surface area (Å²) in [4.78, 5) is 30.2. The molecule has 1 aromatic rings. The molecule has 3 rings (SSSR count). The summed E-state index contributed by atoms with van der Waals surface area (Å²) in [6, 6.07) is 7.67. The molecule has 2 fully saturated rings. The number of benzene rings is 1. The van der Waals surface area contributed by atoms with Gasteiger partial charge in [-0.05, 0) is 39.7 Å². The Bertz CT molecular complexity index is 814. The van der Waals surface area contributed by atoms with Gasteiger partial charge in [-0.25, -0.2) is 4.79 Å². The summed E-state index contributed by atoms with van der Waals surface area (Å²) in [6.45, 7) is 10.3. The fourth-order valence-corrected chi connectivity index (χ4v) is 4.51. The van der Waals surface area contributed by atoms with Crippen molar-refractivity contribution in [2.24, 2.45) is 0 Å².